The van der Waals surface area contributed by atoms with Gasteiger partial charge in [0.05, 0.1) is 6.10 Å². The molecule has 1 aliphatic carbocycles. The highest BCUT2D eigenvalue weighted by atomic mass is 35.5. The van der Waals surface area contributed by atoms with E-state index in [2.05, 4.69) is 5.32 Å². The van der Waals surface area contributed by atoms with Crippen LogP contribution >= 0.6 is 23.2 Å². The third-order valence-corrected chi connectivity index (χ3v) is 5.26. The van der Waals surface area contributed by atoms with Crippen molar-refractivity contribution >= 4 is 35.2 Å². The summed E-state index contributed by atoms with van der Waals surface area (Å²) >= 11 is 12.1. The van der Waals surface area contributed by atoms with E-state index < -0.39 is 22.1 Å². The number of nitrogens with zero attached hydrogens (tertiary/aromatic N) is 1. The van der Waals surface area contributed by atoms with Gasteiger partial charge in [0, 0.05) is 25.6 Å². The fraction of sp³-hybridized carbons (Fsp3) is 0.875. The van der Waals surface area contributed by atoms with Gasteiger partial charge in [0.25, 0.3) is 0 Å². The fourth-order valence-electron chi connectivity index (χ4n) is 3.03. The molecule has 1 saturated carbocycles. The molecule has 2 amide bonds. The molecule has 8 heteroatoms. The molecule has 138 valence electrons. The molecule has 0 radical (unpaired) electrons. The molecular formula is C16H26Cl2N2O4. The molecule has 0 bridgehead atoms. The minimum atomic E-state index is -0.770. The minimum absolute atomic E-state index is 0.0159. The third kappa shape index (κ3) is 4.46. The zero-order chi connectivity index (χ0) is 18.3. The lowest BCUT2D eigenvalue weighted by molar-refractivity contribution is -0.129. The average molecular weight is 381 g/mol. The number of carbonyl (C=O) groups is 2. The van der Waals surface area contributed by atoms with E-state index in [-0.39, 0.29) is 24.0 Å². The van der Waals surface area contributed by atoms with Crippen molar-refractivity contribution in [3.63, 3.8) is 0 Å². The second kappa shape index (κ2) is 6.89. The van der Waals surface area contributed by atoms with Crippen LogP contribution in [-0.4, -0.2) is 58.7 Å². The van der Waals surface area contributed by atoms with Crippen molar-refractivity contribution < 1.29 is 19.1 Å². The smallest absolute Gasteiger partial charge is 0.411 e. The second-order valence-corrected chi connectivity index (χ2v) is 9.09. The van der Waals surface area contributed by atoms with Crippen molar-refractivity contribution in [1.29, 1.82) is 0 Å². The van der Waals surface area contributed by atoms with Crippen molar-refractivity contribution in [1.82, 2.24) is 10.2 Å². The number of carbonyl (C=O) groups excluding carboxylic acids is 2. The van der Waals surface area contributed by atoms with Gasteiger partial charge in [0.1, 0.15) is 16.0 Å². The highest BCUT2D eigenvalue weighted by Crippen LogP contribution is 2.54. The number of hydrogen-bond donors (Lipinski definition) is 1. The molecule has 0 aromatic rings. The lowest BCUT2D eigenvalue weighted by Gasteiger charge is -2.30. The second-order valence-electron chi connectivity index (χ2n) is 7.55. The first-order valence-corrected chi connectivity index (χ1v) is 8.92. The topological polar surface area (TPSA) is 67.9 Å². The van der Waals surface area contributed by atoms with Gasteiger partial charge in [-0.15, -0.1) is 23.2 Å². The molecule has 2 aliphatic rings. The van der Waals surface area contributed by atoms with Crippen molar-refractivity contribution in [3.05, 3.63) is 0 Å². The first kappa shape index (κ1) is 19.6. The number of methoxy groups -OCH3 is 1. The monoisotopic (exact) mass is 380 g/mol. The van der Waals surface area contributed by atoms with E-state index in [1.165, 1.54) is 12.0 Å². The number of halogens is 2. The van der Waals surface area contributed by atoms with Crippen LogP contribution in [-0.2, 0) is 14.3 Å². The van der Waals surface area contributed by atoms with Crippen LogP contribution in [0.15, 0.2) is 0 Å². The van der Waals surface area contributed by atoms with Crippen LogP contribution in [0.4, 0.5) is 4.79 Å². The summed E-state index contributed by atoms with van der Waals surface area (Å²) in [7, 11) is 1.54. The van der Waals surface area contributed by atoms with Gasteiger partial charge >= 0.3 is 6.09 Å². The number of nitrogens with one attached hydrogen (secondary N) is 1. The van der Waals surface area contributed by atoms with Crippen LogP contribution in [0.25, 0.3) is 0 Å². The molecule has 1 N–H and O–H groups in total. The van der Waals surface area contributed by atoms with E-state index in [4.69, 9.17) is 32.7 Å². The van der Waals surface area contributed by atoms with Gasteiger partial charge in [-0.25, -0.2) is 4.79 Å². The van der Waals surface area contributed by atoms with E-state index in [0.717, 1.165) is 0 Å². The molecule has 6 nitrogen and oxygen atoms in total. The van der Waals surface area contributed by atoms with Crippen molar-refractivity contribution in [2.75, 3.05) is 13.7 Å². The first-order chi connectivity index (χ1) is 11.0. The van der Waals surface area contributed by atoms with Crippen LogP contribution in [0, 0.1) is 5.92 Å². The summed E-state index contributed by atoms with van der Waals surface area (Å²) in [6.45, 7) is 7.65. The fourth-order valence-corrected chi connectivity index (χ4v) is 3.74. The number of hydrogen-bond acceptors (Lipinski definition) is 4. The summed E-state index contributed by atoms with van der Waals surface area (Å²) in [5.74, 6) is -0.254. The predicted octanol–water partition coefficient (Wildman–Crippen LogP) is 2.71. The largest absolute Gasteiger partial charge is 0.444 e. The Labute approximate surface area is 153 Å². The Balaban J connectivity index is 2.05. The Kier molecular flexibility index (Phi) is 5.62. The maximum absolute atomic E-state index is 12.7. The van der Waals surface area contributed by atoms with Crippen LogP contribution in [0.3, 0.4) is 0 Å². The number of ether oxygens (including phenoxy) is 2. The van der Waals surface area contributed by atoms with Gasteiger partial charge in [0.2, 0.25) is 5.91 Å². The summed E-state index contributed by atoms with van der Waals surface area (Å²) < 4.78 is 10.0. The maximum Gasteiger partial charge on any atom is 0.411 e. The summed E-state index contributed by atoms with van der Waals surface area (Å²) in [5.41, 5.74) is -0.624. The molecular weight excluding hydrogens is 355 g/mol. The van der Waals surface area contributed by atoms with Crippen LogP contribution in [0.1, 0.15) is 40.5 Å². The van der Waals surface area contributed by atoms with Crippen molar-refractivity contribution in [2.45, 2.75) is 68.7 Å². The van der Waals surface area contributed by atoms with E-state index >= 15 is 0 Å². The molecule has 1 heterocycles. The highest BCUT2D eigenvalue weighted by Gasteiger charge is 2.55. The van der Waals surface area contributed by atoms with Gasteiger partial charge in [-0.3, -0.25) is 9.69 Å². The zero-order valence-corrected chi connectivity index (χ0v) is 16.3. The molecule has 0 unspecified atom stereocenters. The van der Waals surface area contributed by atoms with Crippen LogP contribution < -0.4 is 5.32 Å². The minimum Gasteiger partial charge on any atom is -0.444 e. The summed E-state index contributed by atoms with van der Waals surface area (Å²) in [4.78, 5) is 26.6. The van der Waals surface area contributed by atoms with E-state index in [9.17, 15) is 9.59 Å². The van der Waals surface area contributed by atoms with Crippen LogP contribution in [0.5, 0.6) is 0 Å². The predicted molar refractivity (Wildman–Crippen MR) is 92.3 cm³/mol. The van der Waals surface area contributed by atoms with Gasteiger partial charge in [-0.05, 0) is 40.5 Å². The van der Waals surface area contributed by atoms with Gasteiger partial charge in [0.15, 0.2) is 0 Å². The quantitative estimate of drug-likeness (QED) is 0.761. The highest BCUT2D eigenvalue weighted by molar-refractivity contribution is 6.50. The van der Waals surface area contributed by atoms with Crippen molar-refractivity contribution in [3.8, 4) is 0 Å². The molecule has 0 aromatic carbocycles. The molecule has 0 aromatic heterocycles. The third-order valence-electron chi connectivity index (χ3n) is 4.39. The SMILES string of the molecule is CO[C@@H]1CCN(C(=O)OC(C)(C)C)[C@@H]1C(=O)N[C@H](C)[C@H]1CC1(Cl)Cl. The number of alkyl halides is 2. The number of amides is 2. The van der Waals surface area contributed by atoms with Gasteiger partial charge in [-0.2, -0.15) is 0 Å². The van der Waals surface area contributed by atoms with E-state index in [1.807, 2.05) is 6.92 Å². The standard InChI is InChI=1S/C16H26Cl2N2O4/c1-9(10-8-16(10,17)18)19-13(21)12-11(23-5)6-7-20(12)14(22)24-15(2,3)4/h9-12H,6-8H2,1-5H3,(H,19,21)/t9-,10-,11-,12+/m1/s1. The molecule has 24 heavy (non-hydrogen) atoms. The lowest BCUT2D eigenvalue weighted by Crippen LogP contribution is -2.53. The molecule has 1 saturated heterocycles. The summed E-state index contributed by atoms with van der Waals surface area (Å²) in [6, 6.07) is -0.891. The summed E-state index contributed by atoms with van der Waals surface area (Å²) in [5, 5.41) is 2.91. The molecule has 4 atom stereocenters. The Morgan fingerprint density at radius 2 is 1.92 bits per heavy atom. The van der Waals surface area contributed by atoms with Crippen molar-refractivity contribution in [2.24, 2.45) is 5.92 Å². The molecule has 2 rings (SSSR count). The number of rotatable bonds is 4. The molecule has 0 spiro atoms. The summed E-state index contributed by atoms with van der Waals surface area (Å²) in [6.07, 6.45) is 0.359. The molecule has 2 fully saturated rings. The zero-order valence-electron chi connectivity index (χ0n) is 14.8. The molecule has 1 aliphatic heterocycles. The Hall–Kier alpha value is -0.720. The van der Waals surface area contributed by atoms with E-state index in [1.54, 1.807) is 20.8 Å². The Bertz CT molecular complexity index is 507. The van der Waals surface area contributed by atoms with Crippen LogP contribution in [0.2, 0.25) is 0 Å². The first-order valence-electron chi connectivity index (χ1n) is 8.17. The Morgan fingerprint density at radius 1 is 1.33 bits per heavy atom. The average Bonchev–Trinajstić information content (AvgIpc) is 2.90. The number of likely N-dealkylation sites (tertiary alicyclic amines) is 1. The Morgan fingerprint density at radius 3 is 2.38 bits per heavy atom. The maximum atomic E-state index is 12.7. The normalized spacial score (nSPS) is 30.0. The van der Waals surface area contributed by atoms with Gasteiger partial charge in [-0.1, -0.05) is 0 Å². The van der Waals surface area contributed by atoms with E-state index in [0.29, 0.717) is 19.4 Å². The lowest BCUT2D eigenvalue weighted by atomic mass is 10.1. The van der Waals surface area contributed by atoms with Gasteiger partial charge < -0.3 is 14.8 Å².